The highest BCUT2D eigenvalue weighted by atomic mass is 35.5. The second-order valence-corrected chi connectivity index (χ2v) is 8.68. The van der Waals surface area contributed by atoms with Gasteiger partial charge >= 0.3 is 0 Å². The number of hydrogen-bond donors (Lipinski definition) is 1. The third-order valence-electron chi connectivity index (χ3n) is 4.23. The number of benzene rings is 2. The molecule has 28 heavy (non-hydrogen) atoms. The molecule has 2 amide bonds. The minimum atomic E-state index is -0.634. The molecule has 0 aliphatic rings. The van der Waals surface area contributed by atoms with Crippen molar-refractivity contribution >= 4 is 35.0 Å². The first kappa shape index (κ1) is 22.3. The Labute approximate surface area is 176 Å². The van der Waals surface area contributed by atoms with Gasteiger partial charge < -0.3 is 10.2 Å². The Balaban J connectivity index is 2.26. The van der Waals surface area contributed by atoms with Crippen LogP contribution in [0.4, 0.5) is 0 Å². The van der Waals surface area contributed by atoms with Crippen LogP contribution in [0.2, 0.25) is 10.0 Å². The lowest BCUT2D eigenvalue weighted by atomic mass is 10.1. The highest BCUT2D eigenvalue weighted by Gasteiger charge is 2.28. The lowest BCUT2D eigenvalue weighted by Crippen LogP contribution is -2.52. The number of nitrogens with zero attached hydrogens (tertiary/aromatic N) is 1. The SMILES string of the molecule is C[C@@H](C(=O)NC(C)(C)C)N(Cc1ccc(Cl)cc1)C(=O)Cc1ccccc1Cl. The fraction of sp³-hybridized carbons (Fsp3) is 0.364. The van der Waals surface area contributed by atoms with E-state index >= 15 is 0 Å². The quantitative estimate of drug-likeness (QED) is 0.724. The Kier molecular flexibility index (Phi) is 7.50. The molecule has 2 aromatic rings. The first-order valence-electron chi connectivity index (χ1n) is 9.16. The van der Waals surface area contributed by atoms with Gasteiger partial charge in [-0.15, -0.1) is 0 Å². The van der Waals surface area contributed by atoms with E-state index in [0.29, 0.717) is 16.6 Å². The molecule has 0 aromatic heterocycles. The summed E-state index contributed by atoms with van der Waals surface area (Å²) in [5, 5.41) is 4.10. The standard InChI is InChI=1S/C22H26Cl2N2O2/c1-15(21(28)25-22(2,3)4)26(14-16-9-11-18(23)12-10-16)20(27)13-17-7-5-6-8-19(17)24/h5-12,15H,13-14H2,1-4H3,(H,25,28)/t15-/m0/s1. The predicted octanol–water partition coefficient (Wildman–Crippen LogP) is 4.87. The lowest BCUT2D eigenvalue weighted by molar-refractivity contribution is -0.140. The van der Waals surface area contributed by atoms with Gasteiger partial charge in [0, 0.05) is 22.1 Å². The molecule has 0 fully saturated rings. The average Bonchev–Trinajstić information content (AvgIpc) is 2.61. The molecule has 0 aliphatic carbocycles. The predicted molar refractivity (Wildman–Crippen MR) is 115 cm³/mol. The maximum absolute atomic E-state index is 13.1. The summed E-state index contributed by atoms with van der Waals surface area (Å²) in [7, 11) is 0. The maximum atomic E-state index is 13.1. The summed E-state index contributed by atoms with van der Waals surface area (Å²) in [6, 6.07) is 13.9. The third-order valence-corrected chi connectivity index (χ3v) is 4.85. The molecule has 0 aliphatic heterocycles. The summed E-state index contributed by atoms with van der Waals surface area (Å²) in [6.07, 6.45) is 0.125. The van der Waals surface area contributed by atoms with Gasteiger partial charge in [0.15, 0.2) is 0 Å². The van der Waals surface area contributed by atoms with Crippen LogP contribution >= 0.6 is 23.2 Å². The van der Waals surface area contributed by atoms with Crippen molar-refractivity contribution in [3.8, 4) is 0 Å². The van der Waals surface area contributed by atoms with Crippen LogP contribution in [0.1, 0.15) is 38.8 Å². The van der Waals surface area contributed by atoms with Gasteiger partial charge in [-0.25, -0.2) is 0 Å². The van der Waals surface area contributed by atoms with Gasteiger partial charge in [-0.05, 0) is 57.0 Å². The van der Waals surface area contributed by atoms with Crippen molar-refractivity contribution in [2.45, 2.75) is 52.2 Å². The molecule has 0 saturated heterocycles. The third kappa shape index (κ3) is 6.54. The Morgan fingerprint density at radius 1 is 1.04 bits per heavy atom. The number of nitrogens with one attached hydrogen (secondary N) is 1. The molecule has 1 N–H and O–H groups in total. The van der Waals surface area contributed by atoms with Gasteiger partial charge in [0.05, 0.1) is 6.42 Å². The van der Waals surface area contributed by atoms with Crippen LogP contribution in [-0.4, -0.2) is 28.3 Å². The maximum Gasteiger partial charge on any atom is 0.242 e. The topological polar surface area (TPSA) is 49.4 Å². The van der Waals surface area contributed by atoms with Crippen LogP contribution in [0.25, 0.3) is 0 Å². The first-order valence-corrected chi connectivity index (χ1v) is 9.92. The zero-order valence-electron chi connectivity index (χ0n) is 16.6. The van der Waals surface area contributed by atoms with Crippen molar-refractivity contribution in [3.63, 3.8) is 0 Å². The molecule has 2 aromatic carbocycles. The van der Waals surface area contributed by atoms with Crippen molar-refractivity contribution in [1.29, 1.82) is 0 Å². The van der Waals surface area contributed by atoms with Gasteiger partial charge in [-0.1, -0.05) is 53.5 Å². The van der Waals surface area contributed by atoms with Crippen LogP contribution in [0, 0.1) is 0 Å². The zero-order valence-corrected chi connectivity index (χ0v) is 18.1. The minimum absolute atomic E-state index is 0.125. The smallest absolute Gasteiger partial charge is 0.242 e. The molecule has 1 atom stereocenters. The fourth-order valence-corrected chi connectivity index (χ4v) is 3.08. The van der Waals surface area contributed by atoms with E-state index in [0.717, 1.165) is 11.1 Å². The van der Waals surface area contributed by atoms with E-state index in [4.69, 9.17) is 23.2 Å². The van der Waals surface area contributed by atoms with Gasteiger partial charge in [-0.2, -0.15) is 0 Å². The fourth-order valence-electron chi connectivity index (χ4n) is 2.75. The molecule has 0 radical (unpaired) electrons. The van der Waals surface area contributed by atoms with E-state index < -0.39 is 6.04 Å². The molecule has 0 heterocycles. The Morgan fingerprint density at radius 2 is 1.64 bits per heavy atom. The van der Waals surface area contributed by atoms with Crippen molar-refractivity contribution in [1.82, 2.24) is 10.2 Å². The van der Waals surface area contributed by atoms with Crippen LogP contribution in [0.3, 0.4) is 0 Å². The van der Waals surface area contributed by atoms with Gasteiger partial charge in [0.25, 0.3) is 0 Å². The molecule has 0 bridgehead atoms. The summed E-state index contributed by atoms with van der Waals surface area (Å²) >= 11 is 12.2. The van der Waals surface area contributed by atoms with Gasteiger partial charge in [-0.3, -0.25) is 9.59 Å². The number of hydrogen-bond acceptors (Lipinski definition) is 2. The van der Waals surface area contributed by atoms with Crippen molar-refractivity contribution in [2.75, 3.05) is 0 Å². The molecule has 0 spiro atoms. The lowest BCUT2D eigenvalue weighted by Gasteiger charge is -2.31. The van der Waals surface area contributed by atoms with E-state index in [1.165, 1.54) is 0 Å². The molecule has 4 nitrogen and oxygen atoms in total. The number of amides is 2. The number of carbonyl (C=O) groups excluding carboxylic acids is 2. The number of carbonyl (C=O) groups is 2. The summed E-state index contributed by atoms with van der Waals surface area (Å²) in [5.74, 6) is -0.367. The Hall–Kier alpha value is -2.04. The summed E-state index contributed by atoms with van der Waals surface area (Å²) in [6.45, 7) is 7.77. The number of halogens is 2. The van der Waals surface area contributed by atoms with Crippen molar-refractivity contribution < 1.29 is 9.59 Å². The van der Waals surface area contributed by atoms with Crippen LogP contribution < -0.4 is 5.32 Å². The normalized spacial score (nSPS) is 12.4. The van der Waals surface area contributed by atoms with Gasteiger partial charge in [0.2, 0.25) is 11.8 Å². The second-order valence-electron chi connectivity index (χ2n) is 7.83. The van der Waals surface area contributed by atoms with Crippen LogP contribution in [0.5, 0.6) is 0 Å². The molecule has 6 heteroatoms. The average molecular weight is 421 g/mol. The van der Waals surface area contributed by atoms with E-state index in [1.54, 1.807) is 30.0 Å². The van der Waals surface area contributed by atoms with E-state index in [2.05, 4.69) is 5.32 Å². The molecular weight excluding hydrogens is 395 g/mol. The molecule has 0 unspecified atom stereocenters. The van der Waals surface area contributed by atoms with E-state index in [9.17, 15) is 9.59 Å². The largest absolute Gasteiger partial charge is 0.350 e. The van der Waals surface area contributed by atoms with Crippen LogP contribution in [-0.2, 0) is 22.6 Å². The monoisotopic (exact) mass is 420 g/mol. The summed E-state index contributed by atoms with van der Waals surface area (Å²) < 4.78 is 0. The molecule has 2 rings (SSSR count). The summed E-state index contributed by atoms with van der Waals surface area (Å²) in [4.78, 5) is 27.4. The molecule has 150 valence electrons. The highest BCUT2D eigenvalue weighted by Crippen LogP contribution is 2.19. The van der Waals surface area contributed by atoms with Crippen molar-refractivity contribution in [3.05, 3.63) is 69.7 Å². The second kappa shape index (κ2) is 9.44. The summed E-state index contributed by atoms with van der Waals surface area (Å²) in [5.41, 5.74) is 1.24. The zero-order chi connectivity index (χ0) is 20.9. The highest BCUT2D eigenvalue weighted by molar-refractivity contribution is 6.31. The molecule has 0 saturated carbocycles. The Morgan fingerprint density at radius 3 is 2.21 bits per heavy atom. The molecular formula is C22H26Cl2N2O2. The van der Waals surface area contributed by atoms with Crippen LogP contribution in [0.15, 0.2) is 48.5 Å². The number of rotatable bonds is 6. The van der Waals surface area contributed by atoms with E-state index in [-0.39, 0.29) is 23.8 Å². The first-order chi connectivity index (χ1) is 13.1. The van der Waals surface area contributed by atoms with Gasteiger partial charge in [0.1, 0.15) is 6.04 Å². The van der Waals surface area contributed by atoms with Crippen molar-refractivity contribution in [2.24, 2.45) is 0 Å². The Bertz CT molecular complexity index is 829. The van der Waals surface area contributed by atoms with E-state index in [1.807, 2.05) is 51.1 Å². The minimum Gasteiger partial charge on any atom is -0.350 e.